The Morgan fingerprint density at radius 3 is 2.44 bits per heavy atom. The summed E-state index contributed by atoms with van der Waals surface area (Å²) < 4.78 is 22.7. The van der Waals surface area contributed by atoms with Gasteiger partial charge in [-0.2, -0.15) is 0 Å². The number of nitrogens with zero attached hydrogens (tertiary/aromatic N) is 2. The molecule has 0 unspecified atom stereocenters. The highest BCUT2D eigenvalue weighted by atomic mass is 32.2. The lowest BCUT2D eigenvalue weighted by Gasteiger charge is -2.27. The van der Waals surface area contributed by atoms with E-state index in [1.807, 2.05) is 6.92 Å². The summed E-state index contributed by atoms with van der Waals surface area (Å²) in [7, 11) is -3.74. The molecule has 0 atom stereocenters. The second-order valence-electron chi connectivity index (χ2n) is 6.61. The fourth-order valence-corrected chi connectivity index (χ4v) is 3.97. The second-order valence-corrected chi connectivity index (χ2v) is 8.17. The van der Waals surface area contributed by atoms with E-state index < -0.39 is 15.4 Å². The van der Waals surface area contributed by atoms with Gasteiger partial charge in [-0.05, 0) is 50.1 Å². The quantitative estimate of drug-likeness (QED) is 0.691. The maximum atomic E-state index is 12.7. The molecule has 2 aromatic rings. The molecule has 0 bridgehead atoms. The molecule has 144 valence electrons. The fourth-order valence-electron chi connectivity index (χ4n) is 3.45. The van der Waals surface area contributed by atoms with Gasteiger partial charge in [0.1, 0.15) is 0 Å². The van der Waals surface area contributed by atoms with Crippen LogP contribution in [-0.2, 0) is 20.2 Å². The molecular formula is C18H23N5O3S. The summed E-state index contributed by atoms with van der Waals surface area (Å²) in [5.41, 5.74) is 0.704. The van der Waals surface area contributed by atoms with Gasteiger partial charge in [-0.25, -0.2) is 23.5 Å². The Bertz CT molecular complexity index is 922. The number of benzene rings is 1. The van der Waals surface area contributed by atoms with E-state index in [1.165, 1.54) is 12.1 Å². The van der Waals surface area contributed by atoms with Crippen molar-refractivity contribution >= 4 is 27.6 Å². The first-order valence-corrected chi connectivity index (χ1v) is 10.4. The van der Waals surface area contributed by atoms with Crippen LogP contribution in [0, 0.1) is 0 Å². The van der Waals surface area contributed by atoms with Crippen molar-refractivity contribution in [1.82, 2.24) is 15.3 Å². The molecule has 0 radical (unpaired) electrons. The summed E-state index contributed by atoms with van der Waals surface area (Å²) >= 11 is 0. The first kappa shape index (κ1) is 19.2. The number of hydrogen-bond acceptors (Lipinski definition) is 6. The second kappa shape index (κ2) is 7.61. The van der Waals surface area contributed by atoms with E-state index in [4.69, 9.17) is 5.14 Å². The molecule has 1 aromatic heterocycles. The number of nitrogens with two attached hydrogens (primary N) is 1. The van der Waals surface area contributed by atoms with Gasteiger partial charge in [0.05, 0.1) is 16.0 Å². The SMILES string of the molecule is CCNC(=O)C1(c2ccnc(Nc3ccc(S(N)(=O)=O)cc3)n2)CCCC1. The van der Waals surface area contributed by atoms with E-state index in [0.29, 0.717) is 23.9 Å². The zero-order valence-electron chi connectivity index (χ0n) is 15.1. The lowest BCUT2D eigenvalue weighted by atomic mass is 9.81. The van der Waals surface area contributed by atoms with Crippen molar-refractivity contribution in [2.24, 2.45) is 5.14 Å². The largest absolute Gasteiger partial charge is 0.356 e. The monoisotopic (exact) mass is 389 g/mol. The average Bonchev–Trinajstić information content (AvgIpc) is 3.13. The normalized spacial score (nSPS) is 16.1. The highest BCUT2D eigenvalue weighted by molar-refractivity contribution is 7.89. The summed E-state index contributed by atoms with van der Waals surface area (Å²) in [5, 5.41) is 11.1. The van der Waals surface area contributed by atoms with E-state index in [-0.39, 0.29) is 10.8 Å². The molecule has 1 heterocycles. The lowest BCUT2D eigenvalue weighted by Crippen LogP contribution is -2.43. The van der Waals surface area contributed by atoms with Gasteiger partial charge in [0.2, 0.25) is 21.9 Å². The van der Waals surface area contributed by atoms with Gasteiger partial charge in [0, 0.05) is 18.4 Å². The van der Waals surface area contributed by atoms with E-state index in [2.05, 4.69) is 20.6 Å². The van der Waals surface area contributed by atoms with Crippen LogP contribution < -0.4 is 15.8 Å². The maximum absolute atomic E-state index is 12.7. The topological polar surface area (TPSA) is 127 Å². The van der Waals surface area contributed by atoms with Crippen LogP contribution >= 0.6 is 0 Å². The van der Waals surface area contributed by atoms with Crippen molar-refractivity contribution in [2.45, 2.75) is 42.9 Å². The molecule has 1 fully saturated rings. The maximum Gasteiger partial charge on any atom is 0.238 e. The van der Waals surface area contributed by atoms with Crippen LogP contribution in [-0.4, -0.2) is 30.8 Å². The van der Waals surface area contributed by atoms with Crippen LogP contribution in [0.15, 0.2) is 41.4 Å². The third-order valence-corrected chi connectivity index (χ3v) is 5.74. The Kier molecular flexibility index (Phi) is 5.43. The Balaban J connectivity index is 1.86. The molecule has 9 heteroatoms. The van der Waals surface area contributed by atoms with E-state index in [1.54, 1.807) is 24.4 Å². The molecule has 27 heavy (non-hydrogen) atoms. The van der Waals surface area contributed by atoms with Gasteiger partial charge in [0.15, 0.2) is 0 Å². The summed E-state index contributed by atoms with van der Waals surface area (Å²) in [4.78, 5) is 21.5. The number of rotatable bonds is 6. The van der Waals surface area contributed by atoms with Crippen molar-refractivity contribution in [3.63, 3.8) is 0 Å². The van der Waals surface area contributed by atoms with Crippen LogP contribution in [0.5, 0.6) is 0 Å². The number of primary sulfonamides is 1. The van der Waals surface area contributed by atoms with Crippen molar-refractivity contribution < 1.29 is 13.2 Å². The zero-order chi connectivity index (χ0) is 19.5. The molecule has 1 saturated carbocycles. The minimum Gasteiger partial charge on any atom is -0.356 e. The Morgan fingerprint density at radius 1 is 1.19 bits per heavy atom. The van der Waals surface area contributed by atoms with E-state index >= 15 is 0 Å². The van der Waals surface area contributed by atoms with Crippen LogP contribution in [0.2, 0.25) is 0 Å². The predicted molar refractivity (Wildman–Crippen MR) is 102 cm³/mol. The number of aromatic nitrogens is 2. The van der Waals surface area contributed by atoms with Gasteiger partial charge in [0.25, 0.3) is 0 Å². The number of carbonyl (C=O) groups is 1. The number of likely N-dealkylation sites (N-methyl/N-ethyl adjacent to an activating group) is 1. The molecule has 0 aliphatic heterocycles. The van der Waals surface area contributed by atoms with Crippen LogP contribution in [0.3, 0.4) is 0 Å². The number of carbonyl (C=O) groups excluding carboxylic acids is 1. The van der Waals surface area contributed by atoms with Gasteiger partial charge in [-0.1, -0.05) is 12.8 Å². The number of nitrogens with one attached hydrogen (secondary N) is 2. The van der Waals surface area contributed by atoms with Crippen LogP contribution in [0.1, 0.15) is 38.3 Å². The van der Waals surface area contributed by atoms with Crippen LogP contribution in [0.25, 0.3) is 0 Å². The first-order chi connectivity index (χ1) is 12.8. The highest BCUT2D eigenvalue weighted by Crippen LogP contribution is 2.40. The molecule has 1 aromatic carbocycles. The third kappa shape index (κ3) is 4.09. The Labute approximate surface area is 158 Å². The average molecular weight is 389 g/mol. The molecule has 8 nitrogen and oxygen atoms in total. The number of sulfonamides is 1. The summed E-state index contributed by atoms with van der Waals surface area (Å²) in [6.07, 6.45) is 5.12. The number of amides is 1. The van der Waals surface area contributed by atoms with Gasteiger partial charge in [-0.3, -0.25) is 4.79 Å². The molecule has 1 aliphatic rings. The smallest absolute Gasteiger partial charge is 0.238 e. The summed E-state index contributed by atoms with van der Waals surface area (Å²) in [5.74, 6) is 0.357. The van der Waals surface area contributed by atoms with Gasteiger partial charge in [-0.15, -0.1) is 0 Å². The Hall–Kier alpha value is -2.52. The molecule has 0 saturated heterocycles. The van der Waals surface area contributed by atoms with Gasteiger partial charge >= 0.3 is 0 Å². The number of hydrogen-bond donors (Lipinski definition) is 3. The summed E-state index contributed by atoms with van der Waals surface area (Å²) in [6.45, 7) is 2.48. The minimum absolute atomic E-state index is 0.00431. The highest BCUT2D eigenvalue weighted by Gasteiger charge is 2.43. The number of anilines is 2. The summed E-state index contributed by atoms with van der Waals surface area (Å²) in [6, 6.07) is 7.79. The molecule has 4 N–H and O–H groups in total. The van der Waals surface area contributed by atoms with E-state index in [0.717, 1.165) is 25.7 Å². The first-order valence-electron chi connectivity index (χ1n) is 8.87. The molecule has 1 aliphatic carbocycles. The zero-order valence-corrected chi connectivity index (χ0v) is 15.9. The van der Waals surface area contributed by atoms with Gasteiger partial charge < -0.3 is 10.6 Å². The lowest BCUT2D eigenvalue weighted by molar-refractivity contribution is -0.126. The fraction of sp³-hybridized carbons (Fsp3) is 0.389. The Morgan fingerprint density at radius 2 is 1.85 bits per heavy atom. The van der Waals surface area contributed by atoms with Crippen molar-refractivity contribution in [3.05, 3.63) is 42.2 Å². The predicted octanol–water partition coefficient (Wildman–Crippen LogP) is 1.82. The van der Waals surface area contributed by atoms with Crippen LogP contribution in [0.4, 0.5) is 11.6 Å². The van der Waals surface area contributed by atoms with Crippen molar-refractivity contribution in [3.8, 4) is 0 Å². The molecule has 0 spiro atoms. The molecule has 3 rings (SSSR count). The van der Waals surface area contributed by atoms with E-state index in [9.17, 15) is 13.2 Å². The molecule has 1 amide bonds. The third-order valence-electron chi connectivity index (χ3n) is 4.81. The van der Waals surface area contributed by atoms with Crippen molar-refractivity contribution in [2.75, 3.05) is 11.9 Å². The minimum atomic E-state index is -3.74. The molecular weight excluding hydrogens is 366 g/mol. The van der Waals surface area contributed by atoms with Crippen molar-refractivity contribution in [1.29, 1.82) is 0 Å². The standard InChI is InChI=1S/C18H23N5O3S/c1-2-20-16(24)18(10-3-4-11-18)15-9-12-21-17(23-15)22-13-5-7-14(8-6-13)27(19,25)26/h5-9,12H,2-4,10-11H2,1H3,(H,20,24)(H2,19,25,26)(H,21,22,23).